The highest BCUT2D eigenvalue weighted by Gasteiger charge is 2.27. The zero-order chi connectivity index (χ0) is 22.9. The van der Waals surface area contributed by atoms with Crippen molar-refractivity contribution < 1.29 is 29.1 Å². The molecule has 0 amide bonds. The second-order valence-electron chi connectivity index (χ2n) is 10.2. The molecule has 29 heavy (non-hydrogen) atoms. The molecule has 0 saturated heterocycles. The van der Waals surface area contributed by atoms with Crippen LogP contribution in [0.25, 0.3) is 0 Å². The molecule has 0 saturated carbocycles. The van der Waals surface area contributed by atoms with Gasteiger partial charge in [0.15, 0.2) is 0 Å². The lowest BCUT2D eigenvalue weighted by atomic mass is 9.88. The van der Waals surface area contributed by atoms with E-state index in [0.717, 1.165) is 19.3 Å². The van der Waals surface area contributed by atoms with E-state index in [-0.39, 0.29) is 23.2 Å². The molecule has 4 unspecified atom stereocenters. The standard InChI is InChI=1S/C19H44N2O6P2/c1-18(2,14-28(20,24)25)12-6-10-16(22)8-5-9-17(23)11-7-13-19(3,4)15-29(21,26)27/h16-17,22-23H,5-15H2,1-4H3,(H3,20,24,25)(H3,21,26,27). The van der Waals surface area contributed by atoms with Crippen LogP contribution in [0.1, 0.15) is 85.5 Å². The summed E-state index contributed by atoms with van der Waals surface area (Å²) in [6.45, 7) is 7.61. The Morgan fingerprint density at radius 2 is 0.966 bits per heavy atom. The first-order valence-electron chi connectivity index (χ1n) is 10.5. The fraction of sp³-hybridized carbons (Fsp3) is 1.00. The SMILES string of the molecule is CC(C)(CCCC(O)CCCC(O)CCCC(C)(C)CP(N)(=O)O)CP(N)(=O)O. The second-order valence-corrected chi connectivity index (χ2v) is 13.8. The van der Waals surface area contributed by atoms with E-state index in [9.17, 15) is 29.1 Å². The van der Waals surface area contributed by atoms with E-state index in [0.29, 0.717) is 38.5 Å². The van der Waals surface area contributed by atoms with E-state index in [1.54, 1.807) is 0 Å². The fourth-order valence-corrected chi connectivity index (χ4v) is 6.66. The zero-order valence-electron chi connectivity index (χ0n) is 18.6. The number of rotatable bonds is 16. The van der Waals surface area contributed by atoms with Crippen LogP contribution in [-0.4, -0.2) is 44.5 Å². The molecule has 0 aromatic rings. The van der Waals surface area contributed by atoms with Crippen LogP contribution in [0.4, 0.5) is 0 Å². The Balaban J connectivity index is 3.95. The van der Waals surface area contributed by atoms with Crippen molar-refractivity contribution >= 4 is 15.0 Å². The maximum atomic E-state index is 11.4. The smallest absolute Gasteiger partial charge is 0.265 e. The van der Waals surface area contributed by atoms with Crippen molar-refractivity contribution in [3.63, 3.8) is 0 Å². The van der Waals surface area contributed by atoms with Crippen molar-refractivity contribution in [1.82, 2.24) is 0 Å². The molecule has 0 aromatic carbocycles. The number of aliphatic hydroxyl groups is 2. The van der Waals surface area contributed by atoms with Gasteiger partial charge in [-0.1, -0.05) is 40.5 Å². The monoisotopic (exact) mass is 458 g/mol. The van der Waals surface area contributed by atoms with Gasteiger partial charge in [0.2, 0.25) is 0 Å². The molecule has 0 aliphatic carbocycles. The molecule has 0 aliphatic rings. The van der Waals surface area contributed by atoms with Gasteiger partial charge in [-0.15, -0.1) is 0 Å². The number of hydrogen-bond acceptors (Lipinski definition) is 4. The van der Waals surface area contributed by atoms with Gasteiger partial charge in [0, 0.05) is 12.3 Å². The summed E-state index contributed by atoms with van der Waals surface area (Å²) in [7, 11) is -7.07. The van der Waals surface area contributed by atoms with Gasteiger partial charge in [-0.05, 0) is 55.8 Å². The van der Waals surface area contributed by atoms with Crippen molar-refractivity contribution in [2.75, 3.05) is 12.3 Å². The Morgan fingerprint density at radius 1 is 0.690 bits per heavy atom. The van der Waals surface area contributed by atoms with Crippen LogP contribution < -0.4 is 11.0 Å². The van der Waals surface area contributed by atoms with E-state index in [1.807, 2.05) is 27.7 Å². The van der Waals surface area contributed by atoms with Gasteiger partial charge in [-0.3, -0.25) is 20.1 Å². The highest BCUT2D eigenvalue weighted by Crippen LogP contribution is 2.41. The first kappa shape index (κ1) is 29.2. The van der Waals surface area contributed by atoms with Crippen LogP contribution >= 0.6 is 15.0 Å². The molecule has 0 heterocycles. The lowest BCUT2D eigenvalue weighted by Crippen LogP contribution is -2.20. The van der Waals surface area contributed by atoms with Crippen molar-refractivity contribution in [1.29, 1.82) is 0 Å². The summed E-state index contributed by atoms with van der Waals surface area (Å²) in [4.78, 5) is 18.6. The van der Waals surface area contributed by atoms with E-state index < -0.39 is 27.2 Å². The minimum atomic E-state index is -3.53. The molecule has 0 bridgehead atoms. The molecule has 10 heteroatoms. The fourth-order valence-electron chi connectivity index (χ4n) is 3.89. The normalized spacial score (nSPS) is 19.4. The third-order valence-electron chi connectivity index (χ3n) is 5.17. The quantitative estimate of drug-likeness (QED) is 0.191. The summed E-state index contributed by atoms with van der Waals surface area (Å²) in [6, 6.07) is 0. The molecule has 0 rings (SSSR count). The van der Waals surface area contributed by atoms with Crippen LogP contribution in [0.3, 0.4) is 0 Å². The van der Waals surface area contributed by atoms with Crippen molar-refractivity contribution in [2.45, 2.75) is 97.7 Å². The number of hydrogen-bond donors (Lipinski definition) is 6. The molecule has 0 aromatic heterocycles. The highest BCUT2D eigenvalue weighted by molar-refractivity contribution is 7.55. The summed E-state index contributed by atoms with van der Waals surface area (Å²) in [5.41, 5.74) is 9.81. The lowest BCUT2D eigenvalue weighted by molar-refractivity contribution is 0.118. The maximum Gasteiger partial charge on any atom is 0.265 e. The van der Waals surface area contributed by atoms with Crippen LogP contribution in [0.2, 0.25) is 0 Å². The molecular weight excluding hydrogens is 414 g/mol. The molecule has 0 fully saturated rings. The molecule has 0 radical (unpaired) electrons. The molecule has 0 aliphatic heterocycles. The Labute approximate surface area is 176 Å². The van der Waals surface area contributed by atoms with Crippen molar-refractivity contribution in [3.8, 4) is 0 Å². The van der Waals surface area contributed by atoms with E-state index in [2.05, 4.69) is 0 Å². The van der Waals surface area contributed by atoms with Gasteiger partial charge in [-0.25, -0.2) is 0 Å². The average molecular weight is 459 g/mol. The van der Waals surface area contributed by atoms with Gasteiger partial charge in [0.1, 0.15) is 0 Å². The zero-order valence-corrected chi connectivity index (χ0v) is 20.4. The average Bonchev–Trinajstić information content (AvgIpc) is 2.41. The maximum absolute atomic E-state index is 11.4. The molecule has 8 nitrogen and oxygen atoms in total. The molecule has 176 valence electrons. The van der Waals surface area contributed by atoms with Crippen molar-refractivity contribution in [2.24, 2.45) is 21.8 Å². The van der Waals surface area contributed by atoms with E-state index in [4.69, 9.17) is 11.0 Å². The van der Waals surface area contributed by atoms with Crippen LogP contribution in [0, 0.1) is 10.8 Å². The molecule has 8 N–H and O–H groups in total. The predicted octanol–water partition coefficient (Wildman–Crippen LogP) is 3.56. The van der Waals surface area contributed by atoms with Crippen molar-refractivity contribution in [3.05, 3.63) is 0 Å². The number of aliphatic hydroxyl groups excluding tert-OH is 2. The summed E-state index contributed by atoms with van der Waals surface area (Å²) < 4.78 is 22.7. The third kappa shape index (κ3) is 18.7. The van der Waals surface area contributed by atoms with Gasteiger partial charge in [0.05, 0.1) is 12.2 Å². The van der Waals surface area contributed by atoms with Gasteiger partial charge < -0.3 is 20.0 Å². The van der Waals surface area contributed by atoms with Gasteiger partial charge in [0.25, 0.3) is 15.0 Å². The Bertz CT molecular complexity index is 511. The first-order valence-corrected chi connectivity index (χ1v) is 14.3. The molecule has 4 atom stereocenters. The Hall–Kier alpha value is 0.220. The van der Waals surface area contributed by atoms with E-state index >= 15 is 0 Å². The first-order chi connectivity index (χ1) is 12.9. The largest absolute Gasteiger partial charge is 0.393 e. The summed E-state index contributed by atoms with van der Waals surface area (Å²) >= 11 is 0. The van der Waals surface area contributed by atoms with Crippen LogP contribution in [0.15, 0.2) is 0 Å². The Kier molecular flexibility index (Phi) is 12.4. The lowest BCUT2D eigenvalue weighted by Gasteiger charge is -2.26. The third-order valence-corrected chi connectivity index (χ3v) is 7.78. The predicted molar refractivity (Wildman–Crippen MR) is 119 cm³/mol. The second kappa shape index (κ2) is 12.3. The highest BCUT2D eigenvalue weighted by atomic mass is 31.2. The molecular formula is C19H44N2O6P2. The van der Waals surface area contributed by atoms with Crippen LogP contribution in [0.5, 0.6) is 0 Å². The topological polar surface area (TPSA) is 167 Å². The summed E-state index contributed by atoms with van der Waals surface area (Å²) in [6.07, 6.45) is 5.36. The summed E-state index contributed by atoms with van der Waals surface area (Å²) in [5.74, 6) is 0. The molecule has 0 spiro atoms. The summed E-state index contributed by atoms with van der Waals surface area (Å²) in [5, 5.41) is 20.2. The minimum absolute atomic E-state index is 0.0697. The van der Waals surface area contributed by atoms with E-state index in [1.165, 1.54) is 0 Å². The van der Waals surface area contributed by atoms with Crippen LogP contribution in [-0.2, 0) is 9.13 Å². The van der Waals surface area contributed by atoms with Gasteiger partial charge in [-0.2, -0.15) is 0 Å². The number of nitrogens with two attached hydrogens (primary N) is 2. The van der Waals surface area contributed by atoms with Gasteiger partial charge >= 0.3 is 0 Å². The Morgan fingerprint density at radius 3 is 1.24 bits per heavy atom. The minimum Gasteiger partial charge on any atom is -0.393 e.